The van der Waals surface area contributed by atoms with E-state index in [4.69, 9.17) is 0 Å². The van der Waals surface area contributed by atoms with Gasteiger partial charge in [-0.15, -0.1) is 11.3 Å². The van der Waals surface area contributed by atoms with Crippen molar-refractivity contribution in [2.45, 2.75) is 51.6 Å². The monoisotopic (exact) mass is 310 g/mol. The molecular weight excluding hydrogens is 284 g/mol. The quantitative estimate of drug-likeness (QED) is 0.530. The number of hydrogen-bond acceptors (Lipinski definition) is 4. The van der Waals surface area contributed by atoms with Gasteiger partial charge in [0, 0.05) is 30.6 Å². The molecule has 0 radical (unpaired) electrons. The van der Waals surface area contributed by atoms with Crippen molar-refractivity contribution in [1.29, 1.82) is 0 Å². The molecule has 5 nitrogen and oxygen atoms in total. The number of aliphatic imine (C=N–C) groups is 1. The predicted octanol–water partition coefficient (Wildman–Crippen LogP) is 1.72. The highest BCUT2D eigenvalue weighted by molar-refractivity contribution is 7.11. The number of aryl methyl sites for hydroxylation is 1. The molecule has 0 amide bonds. The molecule has 0 atom stereocenters. The van der Waals surface area contributed by atoms with Crippen LogP contribution in [0, 0.1) is 0 Å². The summed E-state index contributed by atoms with van der Waals surface area (Å²) in [6, 6.07) is 0. The maximum absolute atomic E-state index is 10.1. The third-order valence-electron chi connectivity index (χ3n) is 3.74. The minimum Gasteiger partial charge on any atom is -0.388 e. The van der Waals surface area contributed by atoms with Crippen molar-refractivity contribution in [3.63, 3.8) is 0 Å². The Labute approximate surface area is 130 Å². The van der Waals surface area contributed by atoms with Crippen LogP contribution in [-0.2, 0) is 12.8 Å². The maximum Gasteiger partial charge on any atom is 0.191 e. The molecule has 1 saturated carbocycles. The van der Waals surface area contributed by atoms with Crippen LogP contribution in [0.25, 0.3) is 0 Å². The summed E-state index contributed by atoms with van der Waals surface area (Å²) >= 11 is 1.78. The Balaban J connectivity index is 1.77. The molecular formula is C15H26N4OS. The number of hydrogen-bond donors (Lipinski definition) is 3. The molecule has 3 N–H and O–H groups in total. The van der Waals surface area contributed by atoms with E-state index in [1.807, 2.05) is 13.1 Å². The van der Waals surface area contributed by atoms with Crippen LogP contribution < -0.4 is 10.6 Å². The summed E-state index contributed by atoms with van der Waals surface area (Å²) in [5, 5.41) is 17.8. The summed E-state index contributed by atoms with van der Waals surface area (Å²) in [6.45, 7) is 6.31. The molecule has 0 saturated heterocycles. The van der Waals surface area contributed by atoms with Crippen LogP contribution in [0.5, 0.6) is 0 Å². The van der Waals surface area contributed by atoms with Gasteiger partial charge in [-0.1, -0.05) is 6.92 Å². The fraction of sp³-hybridized carbons (Fsp3) is 0.733. The fourth-order valence-electron chi connectivity index (χ4n) is 2.23. The summed E-state index contributed by atoms with van der Waals surface area (Å²) in [6.07, 6.45) is 6.77. The molecule has 118 valence electrons. The van der Waals surface area contributed by atoms with E-state index >= 15 is 0 Å². The Morgan fingerprint density at radius 3 is 2.81 bits per heavy atom. The lowest BCUT2D eigenvalue weighted by atomic mass is 9.80. The number of nitrogens with zero attached hydrogens (tertiary/aromatic N) is 2. The van der Waals surface area contributed by atoms with Gasteiger partial charge in [0.05, 0.1) is 17.2 Å². The number of nitrogens with one attached hydrogen (secondary N) is 2. The second kappa shape index (κ2) is 7.75. The molecule has 0 bridgehead atoms. The first-order chi connectivity index (χ1) is 10.1. The normalized spacial score (nSPS) is 17.4. The van der Waals surface area contributed by atoms with Crippen LogP contribution in [0.3, 0.4) is 0 Å². The molecule has 1 aromatic heterocycles. The molecule has 6 heteroatoms. The number of rotatable bonds is 7. The SMILES string of the molecule is CCNC(=NCC1(O)CCC1)NCCc1ncc(CC)s1. The van der Waals surface area contributed by atoms with Crippen LogP contribution in [0.15, 0.2) is 11.2 Å². The van der Waals surface area contributed by atoms with Gasteiger partial charge in [0.15, 0.2) is 5.96 Å². The Morgan fingerprint density at radius 1 is 1.43 bits per heavy atom. The van der Waals surface area contributed by atoms with Gasteiger partial charge in [0.1, 0.15) is 0 Å². The van der Waals surface area contributed by atoms with E-state index < -0.39 is 5.60 Å². The van der Waals surface area contributed by atoms with Crippen molar-refractivity contribution in [2.24, 2.45) is 4.99 Å². The second-order valence-electron chi connectivity index (χ2n) is 5.52. The molecule has 21 heavy (non-hydrogen) atoms. The van der Waals surface area contributed by atoms with E-state index in [2.05, 4.69) is 27.5 Å². The molecule has 1 aliphatic rings. The third kappa shape index (κ3) is 4.97. The van der Waals surface area contributed by atoms with Crippen LogP contribution >= 0.6 is 11.3 Å². The zero-order valence-corrected chi connectivity index (χ0v) is 13.8. The van der Waals surface area contributed by atoms with Crippen molar-refractivity contribution in [3.8, 4) is 0 Å². The minimum absolute atomic E-state index is 0.486. The maximum atomic E-state index is 10.1. The van der Waals surface area contributed by atoms with Crippen molar-refractivity contribution < 1.29 is 5.11 Å². The summed E-state index contributed by atoms with van der Waals surface area (Å²) in [5.41, 5.74) is -0.562. The third-order valence-corrected chi connectivity index (χ3v) is 4.94. The highest BCUT2D eigenvalue weighted by Crippen LogP contribution is 2.31. The first-order valence-electron chi connectivity index (χ1n) is 7.83. The lowest BCUT2D eigenvalue weighted by Crippen LogP contribution is -2.43. The van der Waals surface area contributed by atoms with Crippen LogP contribution in [0.4, 0.5) is 0 Å². The van der Waals surface area contributed by atoms with Gasteiger partial charge in [-0.2, -0.15) is 0 Å². The Hall–Kier alpha value is -1.14. The summed E-state index contributed by atoms with van der Waals surface area (Å²) in [5.74, 6) is 0.782. The van der Waals surface area contributed by atoms with Gasteiger partial charge in [0.2, 0.25) is 0 Å². The first kappa shape index (κ1) is 16.2. The first-order valence-corrected chi connectivity index (χ1v) is 8.65. The molecule has 0 aliphatic heterocycles. The Bertz CT molecular complexity index is 468. The van der Waals surface area contributed by atoms with E-state index in [0.29, 0.717) is 6.54 Å². The van der Waals surface area contributed by atoms with Gasteiger partial charge in [-0.3, -0.25) is 4.99 Å². The average Bonchev–Trinajstić information content (AvgIpc) is 2.90. The molecule has 0 spiro atoms. The Morgan fingerprint density at radius 2 is 2.24 bits per heavy atom. The summed E-state index contributed by atoms with van der Waals surface area (Å²) in [4.78, 5) is 10.2. The molecule has 2 rings (SSSR count). The Kier molecular flexibility index (Phi) is 5.99. The molecule has 1 fully saturated rings. The largest absolute Gasteiger partial charge is 0.388 e. The number of guanidine groups is 1. The molecule has 1 aliphatic carbocycles. The van der Waals surface area contributed by atoms with Crippen molar-refractivity contribution in [3.05, 3.63) is 16.1 Å². The van der Waals surface area contributed by atoms with Gasteiger partial charge in [0.25, 0.3) is 0 Å². The lowest BCUT2D eigenvalue weighted by Gasteiger charge is -2.35. The van der Waals surface area contributed by atoms with E-state index in [1.54, 1.807) is 11.3 Å². The van der Waals surface area contributed by atoms with Gasteiger partial charge in [-0.25, -0.2) is 4.98 Å². The fourth-order valence-corrected chi connectivity index (χ4v) is 3.09. The topological polar surface area (TPSA) is 69.5 Å². The molecule has 0 aromatic carbocycles. The lowest BCUT2D eigenvalue weighted by molar-refractivity contribution is -0.0236. The molecule has 1 aromatic rings. The molecule has 1 heterocycles. The number of thiazole rings is 1. The number of aromatic nitrogens is 1. The summed E-state index contributed by atoms with van der Waals surface area (Å²) < 4.78 is 0. The minimum atomic E-state index is -0.562. The van der Waals surface area contributed by atoms with E-state index in [-0.39, 0.29) is 0 Å². The average molecular weight is 310 g/mol. The van der Waals surface area contributed by atoms with Crippen LogP contribution in [-0.4, -0.2) is 41.3 Å². The highest BCUT2D eigenvalue weighted by Gasteiger charge is 2.34. The van der Waals surface area contributed by atoms with Gasteiger partial charge >= 0.3 is 0 Å². The van der Waals surface area contributed by atoms with Crippen LogP contribution in [0.2, 0.25) is 0 Å². The number of aliphatic hydroxyl groups is 1. The van der Waals surface area contributed by atoms with E-state index in [9.17, 15) is 5.11 Å². The standard InChI is InChI=1S/C15H26N4OS/c1-3-12-10-18-13(21-12)6-9-17-14(16-4-2)19-11-15(20)7-5-8-15/h10,20H,3-9,11H2,1-2H3,(H2,16,17,19). The van der Waals surface area contributed by atoms with Crippen molar-refractivity contribution in [2.75, 3.05) is 19.6 Å². The smallest absolute Gasteiger partial charge is 0.191 e. The second-order valence-corrected chi connectivity index (χ2v) is 6.72. The van der Waals surface area contributed by atoms with Crippen molar-refractivity contribution >= 4 is 17.3 Å². The zero-order valence-electron chi connectivity index (χ0n) is 13.0. The van der Waals surface area contributed by atoms with E-state index in [1.165, 1.54) is 4.88 Å². The molecule has 0 unspecified atom stereocenters. The van der Waals surface area contributed by atoms with Crippen molar-refractivity contribution in [1.82, 2.24) is 15.6 Å². The zero-order chi connectivity index (χ0) is 15.1. The highest BCUT2D eigenvalue weighted by atomic mass is 32.1. The predicted molar refractivity (Wildman–Crippen MR) is 88.0 cm³/mol. The van der Waals surface area contributed by atoms with Crippen LogP contribution in [0.1, 0.15) is 43.0 Å². The van der Waals surface area contributed by atoms with E-state index in [0.717, 1.165) is 56.2 Å². The van der Waals surface area contributed by atoms with Gasteiger partial charge < -0.3 is 15.7 Å². The van der Waals surface area contributed by atoms with Gasteiger partial charge in [-0.05, 0) is 32.6 Å². The summed E-state index contributed by atoms with van der Waals surface area (Å²) in [7, 11) is 0.